The van der Waals surface area contributed by atoms with Crippen LogP contribution in [0.2, 0.25) is 0 Å². The zero-order valence-corrected chi connectivity index (χ0v) is 20.9. The second kappa shape index (κ2) is 27.0. The van der Waals surface area contributed by atoms with E-state index < -0.39 is 5.97 Å². The highest BCUT2D eigenvalue weighted by Crippen LogP contribution is 2.13. The van der Waals surface area contributed by atoms with Crippen molar-refractivity contribution in [2.45, 2.75) is 155 Å². The molecule has 0 aliphatic heterocycles. The average molecular weight is 435 g/mol. The van der Waals surface area contributed by atoms with Gasteiger partial charge in [0, 0.05) is 6.42 Å². The second-order valence-corrected chi connectivity index (χ2v) is 9.26. The molecule has 31 heavy (non-hydrogen) atoms. The van der Waals surface area contributed by atoms with Crippen LogP contribution >= 0.6 is 0 Å². The lowest BCUT2D eigenvalue weighted by Gasteiger charge is -2.01. The second-order valence-electron chi connectivity index (χ2n) is 9.26. The maximum Gasteiger partial charge on any atom is 0.303 e. The summed E-state index contributed by atoms with van der Waals surface area (Å²) in [5.74, 6) is -0.657. The Morgan fingerprint density at radius 2 is 0.871 bits per heavy atom. The van der Waals surface area contributed by atoms with Crippen molar-refractivity contribution in [1.29, 1.82) is 0 Å². The molecule has 2 nitrogen and oxygen atoms in total. The topological polar surface area (TPSA) is 37.3 Å². The fraction of sp³-hybridized carbons (Fsp3) is 0.828. The summed E-state index contributed by atoms with van der Waals surface area (Å²) in [5.41, 5.74) is 0. The summed E-state index contributed by atoms with van der Waals surface area (Å²) in [6, 6.07) is 0. The first-order valence-corrected chi connectivity index (χ1v) is 13.8. The van der Waals surface area contributed by atoms with Crippen LogP contribution in [0.4, 0.5) is 0 Å². The van der Waals surface area contributed by atoms with Crippen LogP contribution in [0.1, 0.15) is 155 Å². The minimum Gasteiger partial charge on any atom is -0.481 e. The number of aliphatic carboxylic acids is 1. The Morgan fingerprint density at radius 1 is 0.516 bits per heavy atom. The molecular formula is C29H54O2. The van der Waals surface area contributed by atoms with E-state index in [1.807, 2.05) is 0 Å². The molecule has 182 valence electrons. The van der Waals surface area contributed by atoms with Crippen LogP contribution in [0.3, 0.4) is 0 Å². The number of carbonyl (C=O) groups is 1. The zero-order chi connectivity index (χ0) is 22.7. The van der Waals surface area contributed by atoms with Gasteiger partial charge in [0.1, 0.15) is 0 Å². The van der Waals surface area contributed by atoms with Crippen LogP contribution in [0.15, 0.2) is 24.3 Å². The lowest BCUT2D eigenvalue weighted by atomic mass is 10.0. The van der Waals surface area contributed by atoms with Crippen LogP contribution in [-0.2, 0) is 4.79 Å². The fourth-order valence-electron chi connectivity index (χ4n) is 4.03. The standard InChI is InChI=1S/C29H54O2/c1-2-3-4-5-6-7-8-9-10-11-12-13-14-15-16-17-18-19-20-21-22-23-24-25-26-27-28-29(30)31/h12-13,15-16H,2-11,14,17-28H2,1H3,(H,30,31). The van der Waals surface area contributed by atoms with Gasteiger partial charge in [-0.3, -0.25) is 4.79 Å². The lowest BCUT2D eigenvalue weighted by molar-refractivity contribution is -0.137. The van der Waals surface area contributed by atoms with Crippen molar-refractivity contribution in [1.82, 2.24) is 0 Å². The first-order chi connectivity index (χ1) is 15.3. The maximum atomic E-state index is 10.4. The van der Waals surface area contributed by atoms with Crippen molar-refractivity contribution in [2.24, 2.45) is 0 Å². The Hall–Kier alpha value is -1.05. The molecule has 2 heteroatoms. The fourth-order valence-corrected chi connectivity index (χ4v) is 4.03. The van der Waals surface area contributed by atoms with E-state index in [0.29, 0.717) is 6.42 Å². The highest BCUT2D eigenvalue weighted by molar-refractivity contribution is 5.66. The SMILES string of the molecule is CCCCCCCCCCCC=CCC=CCCCCCCCCCCCCC(=O)O. The predicted octanol–water partition coefficient (Wildman–Crippen LogP) is 10.2. The average Bonchev–Trinajstić information content (AvgIpc) is 2.76. The molecule has 0 aromatic heterocycles. The van der Waals surface area contributed by atoms with Crippen LogP contribution < -0.4 is 0 Å². The Balaban J connectivity index is 3.16. The third-order valence-corrected chi connectivity index (χ3v) is 6.09. The molecule has 0 rings (SSSR count). The number of carboxylic acid groups (broad SMARTS) is 1. The molecule has 0 saturated heterocycles. The minimum absolute atomic E-state index is 0.337. The Labute approximate surface area is 195 Å². The molecule has 0 aliphatic carbocycles. The molecule has 1 N–H and O–H groups in total. The molecule has 0 radical (unpaired) electrons. The third kappa shape index (κ3) is 28.9. The summed E-state index contributed by atoms with van der Waals surface area (Å²) >= 11 is 0. The van der Waals surface area contributed by atoms with Gasteiger partial charge < -0.3 is 5.11 Å². The summed E-state index contributed by atoms with van der Waals surface area (Å²) in [7, 11) is 0. The van der Waals surface area contributed by atoms with E-state index in [2.05, 4.69) is 31.2 Å². The van der Waals surface area contributed by atoms with Gasteiger partial charge >= 0.3 is 5.97 Å². The molecule has 0 aliphatic rings. The summed E-state index contributed by atoms with van der Waals surface area (Å²) in [6.45, 7) is 2.28. The van der Waals surface area contributed by atoms with Gasteiger partial charge in [-0.05, 0) is 38.5 Å². The number of carboxylic acids is 1. The quantitative estimate of drug-likeness (QED) is 0.115. The summed E-state index contributed by atoms with van der Waals surface area (Å²) in [6.07, 6.45) is 38.5. The monoisotopic (exact) mass is 434 g/mol. The van der Waals surface area contributed by atoms with Gasteiger partial charge in [-0.1, -0.05) is 134 Å². The summed E-state index contributed by atoms with van der Waals surface area (Å²) < 4.78 is 0. The molecule has 0 aromatic rings. The number of rotatable bonds is 25. The molecule has 0 saturated carbocycles. The normalized spacial score (nSPS) is 11.8. The molecule has 0 heterocycles. The van der Waals surface area contributed by atoms with Crippen LogP contribution in [0.25, 0.3) is 0 Å². The van der Waals surface area contributed by atoms with Gasteiger partial charge in [0.2, 0.25) is 0 Å². The van der Waals surface area contributed by atoms with Crippen molar-refractivity contribution in [3.8, 4) is 0 Å². The minimum atomic E-state index is -0.657. The van der Waals surface area contributed by atoms with Gasteiger partial charge in [0.15, 0.2) is 0 Å². The smallest absolute Gasteiger partial charge is 0.303 e. The van der Waals surface area contributed by atoms with Crippen molar-refractivity contribution in [2.75, 3.05) is 0 Å². The largest absolute Gasteiger partial charge is 0.481 e. The van der Waals surface area contributed by atoms with Crippen LogP contribution in [0, 0.1) is 0 Å². The van der Waals surface area contributed by atoms with E-state index in [0.717, 1.165) is 19.3 Å². The van der Waals surface area contributed by atoms with Crippen molar-refractivity contribution in [3.05, 3.63) is 24.3 Å². The van der Waals surface area contributed by atoms with Crippen LogP contribution in [-0.4, -0.2) is 11.1 Å². The Morgan fingerprint density at radius 3 is 1.26 bits per heavy atom. The molecule has 0 fully saturated rings. The molecule has 0 unspecified atom stereocenters. The Kier molecular flexibility index (Phi) is 26.1. The van der Waals surface area contributed by atoms with Gasteiger partial charge in [0.05, 0.1) is 0 Å². The van der Waals surface area contributed by atoms with E-state index in [1.54, 1.807) is 0 Å². The van der Waals surface area contributed by atoms with E-state index in [9.17, 15) is 4.79 Å². The first-order valence-electron chi connectivity index (χ1n) is 13.8. The molecule has 0 amide bonds. The zero-order valence-electron chi connectivity index (χ0n) is 20.9. The summed E-state index contributed by atoms with van der Waals surface area (Å²) in [5, 5.41) is 8.59. The van der Waals surface area contributed by atoms with E-state index in [-0.39, 0.29) is 0 Å². The van der Waals surface area contributed by atoms with Gasteiger partial charge in [-0.15, -0.1) is 0 Å². The molecule has 0 atom stereocenters. The number of hydrogen-bond donors (Lipinski definition) is 1. The maximum absolute atomic E-state index is 10.4. The molecular weight excluding hydrogens is 380 g/mol. The lowest BCUT2D eigenvalue weighted by Crippen LogP contribution is -1.93. The van der Waals surface area contributed by atoms with Gasteiger partial charge in [0.25, 0.3) is 0 Å². The first kappa shape index (κ1) is 29.9. The van der Waals surface area contributed by atoms with E-state index in [1.165, 1.54) is 122 Å². The highest BCUT2D eigenvalue weighted by Gasteiger charge is 1.97. The highest BCUT2D eigenvalue weighted by atomic mass is 16.4. The molecule has 0 spiro atoms. The number of allylic oxidation sites excluding steroid dienone is 4. The van der Waals surface area contributed by atoms with Crippen molar-refractivity contribution < 1.29 is 9.90 Å². The van der Waals surface area contributed by atoms with Crippen molar-refractivity contribution >= 4 is 5.97 Å². The van der Waals surface area contributed by atoms with Gasteiger partial charge in [-0.2, -0.15) is 0 Å². The third-order valence-electron chi connectivity index (χ3n) is 6.09. The number of unbranched alkanes of at least 4 members (excludes halogenated alkanes) is 19. The Bertz CT molecular complexity index is 411. The molecule has 0 bridgehead atoms. The van der Waals surface area contributed by atoms with E-state index in [4.69, 9.17) is 5.11 Å². The van der Waals surface area contributed by atoms with E-state index >= 15 is 0 Å². The predicted molar refractivity (Wildman–Crippen MR) is 138 cm³/mol. The number of hydrogen-bond acceptors (Lipinski definition) is 1. The van der Waals surface area contributed by atoms with Gasteiger partial charge in [-0.25, -0.2) is 0 Å². The molecule has 0 aromatic carbocycles. The summed E-state index contributed by atoms with van der Waals surface area (Å²) in [4.78, 5) is 10.4. The van der Waals surface area contributed by atoms with Crippen molar-refractivity contribution in [3.63, 3.8) is 0 Å². The van der Waals surface area contributed by atoms with Crippen LogP contribution in [0.5, 0.6) is 0 Å².